The first-order valence-corrected chi connectivity index (χ1v) is 33.7. The summed E-state index contributed by atoms with van der Waals surface area (Å²) in [5.41, 5.74) is 5.00. The van der Waals surface area contributed by atoms with Crippen molar-refractivity contribution in [3.63, 3.8) is 0 Å². The van der Waals surface area contributed by atoms with Crippen molar-refractivity contribution >= 4 is 56.9 Å². The molecule has 0 aliphatic carbocycles. The summed E-state index contributed by atoms with van der Waals surface area (Å²) >= 11 is 0. The molecule has 47 heteroatoms. The van der Waals surface area contributed by atoms with E-state index in [9.17, 15) is 58.0 Å². The van der Waals surface area contributed by atoms with Gasteiger partial charge in [0.15, 0.2) is 48.7 Å². The van der Waals surface area contributed by atoms with Crippen LogP contribution in [0.1, 0.15) is 130 Å². The highest BCUT2D eigenvalue weighted by Gasteiger charge is 2.58. The third-order valence-electron chi connectivity index (χ3n) is 14.2. The van der Waals surface area contributed by atoms with Crippen LogP contribution in [0.5, 0.6) is 0 Å². The predicted molar refractivity (Wildman–Crippen MR) is 317 cm³/mol. The van der Waals surface area contributed by atoms with E-state index in [0.29, 0.717) is 0 Å². The largest absolute Gasteiger partial charge is 0.463 e. The molecule has 45 nitrogen and oxygen atoms in total. The van der Waals surface area contributed by atoms with Gasteiger partial charge in [-0.15, -0.1) is 20.4 Å². The average Bonchev–Trinajstić information content (AvgIpc) is 1.62. The third-order valence-corrected chi connectivity index (χ3v) is 16.6. The van der Waals surface area contributed by atoms with E-state index in [0.717, 1.165) is 15.7 Å². The molecule has 558 valence electrons. The summed E-state index contributed by atoms with van der Waals surface area (Å²) in [4.78, 5) is 112. The number of nitrogens with zero attached hydrogens (tertiary/aromatic N) is 12. The van der Waals surface area contributed by atoms with E-state index in [-0.39, 0.29) is 69.3 Å². The Bertz CT molecular complexity index is 3540. The Morgan fingerprint density at radius 1 is 0.520 bits per heavy atom. The predicted octanol–water partition coefficient (Wildman–Crippen LogP) is -2.27. The molecule has 6 aliphatic heterocycles. The van der Waals surface area contributed by atoms with E-state index in [4.69, 9.17) is 86.1 Å². The normalized spacial score (nSPS) is 28.4. The number of rotatable bonds is 25. The lowest BCUT2D eigenvalue weighted by atomic mass is 10.1. The van der Waals surface area contributed by atoms with Gasteiger partial charge in [-0.25, -0.2) is 53.0 Å². The number of carbonyl (C=O) groups excluding carboxylic acids is 7. The van der Waals surface area contributed by atoms with Crippen LogP contribution in [0, 0.1) is 0 Å². The molecule has 4 unspecified atom stereocenters. The minimum absolute atomic E-state index is 0.0664. The number of methoxy groups -OCH3 is 3. The number of aliphatic hydroxyl groups is 3. The number of amides is 1. The monoisotopic (exact) mass is 1470 g/mol. The number of fused-ring (bicyclic) bond motifs is 2. The molecule has 1 amide bonds. The number of aliphatic hydroxyl groups excluding tert-OH is 3. The summed E-state index contributed by atoms with van der Waals surface area (Å²) in [6.45, 7) is 13.9. The third kappa shape index (κ3) is 20.7. The lowest BCUT2D eigenvalue weighted by Gasteiger charge is -2.24. The van der Waals surface area contributed by atoms with Crippen molar-refractivity contribution in [2.24, 2.45) is 5.73 Å². The molecular formula is C53H79N13O32P2. The Balaban J connectivity index is 0.000000189. The summed E-state index contributed by atoms with van der Waals surface area (Å²) < 4.78 is 124. The lowest BCUT2D eigenvalue weighted by Crippen LogP contribution is -2.40. The average molecular weight is 1470 g/mol. The van der Waals surface area contributed by atoms with Gasteiger partial charge < -0.3 is 116 Å². The summed E-state index contributed by atoms with van der Waals surface area (Å²) in [5.74, 6) is -7.10. The van der Waals surface area contributed by atoms with Gasteiger partial charge in [-0.1, -0.05) is 0 Å². The van der Waals surface area contributed by atoms with Crippen LogP contribution >= 0.6 is 15.2 Å². The van der Waals surface area contributed by atoms with Gasteiger partial charge in [0.05, 0.1) is 54.4 Å². The molecule has 4 aromatic heterocycles. The lowest BCUT2D eigenvalue weighted by molar-refractivity contribution is -0.203. The molecule has 7 N–H and O–H groups in total. The quantitative estimate of drug-likeness (QED) is 0.0231. The number of hydrogen-bond acceptors (Lipinski definition) is 38. The van der Waals surface area contributed by atoms with Crippen molar-refractivity contribution in [3.05, 3.63) is 48.6 Å². The zero-order valence-electron chi connectivity index (χ0n) is 55.8. The topological polar surface area (TPSA) is 570 Å². The van der Waals surface area contributed by atoms with E-state index in [1.807, 2.05) is 0 Å². The number of carbonyl (C=O) groups is 7. The SMILES string of the molecule is CCOP(=O)(COC[C@H]1O[C@@H](n2cnc(C(=O)OC)n2)C2OC(C)(C)O[C@H]21)OCC.COC(=O)c1ncn([C@@H]2O[C@H](CO)[C@@H]3OC(C)(C)OC32)n1.COC(=O)c1ncn([C@@H]2O[C@H](COC(C)=O)[C@H](OC(C)=O)C2OC(C)=O)n1.NC(=O)c1ncn([C@@H]2O[C@H](COCP(=O)(O)O)[C@H](O)C2O)n1. The van der Waals surface area contributed by atoms with Gasteiger partial charge in [-0.3, -0.25) is 28.3 Å². The van der Waals surface area contributed by atoms with Gasteiger partial charge in [0.2, 0.25) is 5.82 Å². The second-order valence-electron chi connectivity index (χ2n) is 22.6. The number of nitrogens with two attached hydrogens (primary N) is 1. The van der Waals surface area contributed by atoms with E-state index in [1.165, 1.54) is 70.4 Å². The first-order chi connectivity index (χ1) is 47.1. The van der Waals surface area contributed by atoms with E-state index >= 15 is 0 Å². The van der Waals surface area contributed by atoms with E-state index in [2.05, 4.69) is 54.5 Å². The fraction of sp³-hybridized carbons (Fsp3) is 0.717. The number of hydrogen-bond donors (Lipinski definition) is 6. The standard InChI is InChI=1S/C17H28N3O9P.C15H19N3O9.C12H17N3O6.C9H15N4O8P/c1-6-25-30(22,26-7-2)10-24-8-11-12-13(29-17(3,4)28-12)15(27-11)20-9-18-14(19-20)16(21)23-5;1-7(19)24-5-10-11(25-8(2)20)12(26-9(3)21)14(27-10)18-6-16-13(17-18)15(22)23-4;1-12(2)20-7-6(4-16)19-10(8(7)21-12)15-5-13-9(14-15)11(17)18-3;10-7(16)8-11-2-13(12-8)9-6(15)5(14)4(21-9)1-20-3-22(17,18)19/h9,11-13,15H,6-8,10H2,1-5H3;6,10-12,14H,5H2,1-4H3;5-8,10,16H,4H2,1-3H3;2,4-6,9,14-15H,1,3H2,(H2,10,16)(H2,17,18,19)/t11-,12+,13?,15-;10-,11+,12?,14-;6-,7+,8?,10-;4-,5+,6?,9-/m1111/s1. The number of esters is 6. The van der Waals surface area contributed by atoms with Crippen LogP contribution in [0.25, 0.3) is 0 Å². The Hall–Kier alpha value is -7.37. The van der Waals surface area contributed by atoms with E-state index < -0.39 is 173 Å². The van der Waals surface area contributed by atoms with Gasteiger partial charge in [0.25, 0.3) is 23.4 Å². The zero-order valence-corrected chi connectivity index (χ0v) is 57.6. The zero-order chi connectivity index (χ0) is 73.8. The molecule has 100 heavy (non-hydrogen) atoms. The van der Waals surface area contributed by atoms with Crippen LogP contribution in [0.15, 0.2) is 25.3 Å². The second kappa shape index (κ2) is 34.5. The van der Waals surface area contributed by atoms with Crippen molar-refractivity contribution in [2.75, 3.05) is 73.7 Å². The van der Waals surface area contributed by atoms with Gasteiger partial charge >= 0.3 is 51.0 Å². The Kier molecular flexibility index (Phi) is 27.6. The molecule has 0 aromatic carbocycles. The van der Waals surface area contributed by atoms with Crippen molar-refractivity contribution in [3.8, 4) is 0 Å². The van der Waals surface area contributed by atoms with Crippen LogP contribution < -0.4 is 5.73 Å². The molecule has 10 rings (SSSR count). The molecule has 10 heterocycles. The van der Waals surface area contributed by atoms with Crippen LogP contribution in [0.3, 0.4) is 0 Å². The van der Waals surface area contributed by atoms with Gasteiger partial charge in [-0.2, -0.15) is 0 Å². The molecule has 0 spiro atoms. The van der Waals surface area contributed by atoms with Gasteiger partial charge in [0, 0.05) is 20.8 Å². The van der Waals surface area contributed by atoms with Crippen LogP contribution in [-0.4, -0.2) is 284 Å². The van der Waals surface area contributed by atoms with Crippen molar-refractivity contribution in [2.45, 2.75) is 172 Å². The van der Waals surface area contributed by atoms with Crippen molar-refractivity contribution < 1.29 is 153 Å². The maximum atomic E-state index is 12.6. The highest BCUT2D eigenvalue weighted by molar-refractivity contribution is 7.53. The molecule has 6 aliphatic rings. The minimum Gasteiger partial charge on any atom is -0.463 e. The van der Waals surface area contributed by atoms with Crippen LogP contribution in [0.2, 0.25) is 0 Å². The Labute approximate surface area is 567 Å². The summed E-state index contributed by atoms with van der Waals surface area (Å²) in [6, 6.07) is 0. The number of aromatic nitrogens is 12. The smallest absolute Gasteiger partial charge is 0.377 e. The molecule has 0 saturated carbocycles. The van der Waals surface area contributed by atoms with Gasteiger partial charge in [-0.05, 0) is 41.5 Å². The molecule has 6 fully saturated rings. The highest BCUT2D eigenvalue weighted by Crippen LogP contribution is 2.49. The first-order valence-electron chi connectivity index (χ1n) is 30.1. The first kappa shape index (κ1) is 79.9. The summed E-state index contributed by atoms with van der Waals surface area (Å²) in [5, 5.41) is 44.9. The number of ether oxygens (including phenoxy) is 16. The molecular weight excluding hydrogens is 1390 g/mol. The second-order valence-corrected chi connectivity index (χ2v) is 26.2. The van der Waals surface area contributed by atoms with Crippen LogP contribution in [-0.2, 0) is 108 Å². The van der Waals surface area contributed by atoms with Crippen molar-refractivity contribution in [1.82, 2.24) is 59.1 Å². The molecule has 6 saturated heterocycles. The molecule has 4 aromatic rings. The van der Waals surface area contributed by atoms with Crippen LogP contribution in [0.4, 0.5) is 0 Å². The molecule has 16 atom stereocenters. The number of primary amides is 1. The van der Waals surface area contributed by atoms with E-state index in [1.54, 1.807) is 41.5 Å². The van der Waals surface area contributed by atoms with Crippen molar-refractivity contribution in [1.29, 1.82) is 0 Å². The molecule has 0 radical (unpaired) electrons. The fourth-order valence-corrected chi connectivity index (χ4v) is 12.0. The maximum absolute atomic E-state index is 12.6. The maximum Gasteiger partial charge on any atom is 0.377 e. The Morgan fingerprint density at radius 3 is 1.34 bits per heavy atom. The summed E-state index contributed by atoms with van der Waals surface area (Å²) in [7, 11) is -4.01. The molecule has 0 bridgehead atoms. The minimum atomic E-state index is -4.34. The van der Waals surface area contributed by atoms with Gasteiger partial charge in [0.1, 0.15) is 106 Å². The summed E-state index contributed by atoms with van der Waals surface area (Å²) in [6.07, 6.45) is -9.38. The fourth-order valence-electron chi connectivity index (χ4n) is 10.3. The highest BCUT2D eigenvalue weighted by atomic mass is 31.2. The Morgan fingerprint density at radius 2 is 0.910 bits per heavy atom.